The molecule has 0 radical (unpaired) electrons. The molecule has 1 aromatic rings. The summed E-state index contributed by atoms with van der Waals surface area (Å²) in [6.07, 6.45) is 1.82. The molecule has 3 nitrogen and oxygen atoms in total. The summed E-state index contributed by atoms with van der Waals surface area (Å²) in [6, 6.07) is 6.79. The largest absolute Gasteiger partial charge is 0.241 e. The van der Waals surface area contributed by atoms with Crippen LogP contribution in [0.5, 0.6) is 0 Å². The molecule has 0 saturated carbocycles. The van der Waals surface area contributed by atoms with E-state index in [2.05, 4.69) is 20.7 Å². The second-order valence-corrected chi connectivity index (χ2v) is 5.77. The lowest BCUT2D eigenvalue weighted by Gasteiger charge is -2.07. The second kappa shape index (κ2) is 5.63. The highest BCUT2D eigenvalue weighted by atomic mass is 79.9. The molecular formula is C10H14BrNO2S. The van der Waals surface area contributed by atoms with Crippen LogP contribution in [0.1, 0.15) is 19.8 Å². The van der Waals surface area contributed by atoms with Crippen LogP contribution in [0.4, 0.5) is 0 Å². The number of hydrogen-bond acceptors (Lipinski definition) is 2. The standard InChI is InChI=1S/C10H14BrNO2S/c1-2-3-8-12-15(13,14)10-7-5-4-6-9(10)11/h4-7,12H,2-3,8H2,1H3. The van der Waals surface area contributed by atoms with E-state index in [1.165, 1.54) is 0 Å². The van der Waals surface area contributed by atoms with Gasteiger partial charge in [-0.25, -0.2) is 13.1 Å². The number of hydrogen-bond donors (Lipinski definition) is 1. The zero-order chi connectivity index (χ0) is 11.3. The van der Waals surface area contributed by atoms with Crippen molar-refractivity contribution >= 4 is 26.0 Å². The van der Waals surface area contributed by atoms with E-state index in [1.807, 2.05) is 6.92 Å². The summed E-state index contributed by atoms with van der Waals surface area (Å²) in [7, 11) is -3.36. The fourth-order valence-corrected chi connectivity index (χ4v) is 3.20. The first-order valence-corrected chi connectivity index (χ1v) is 7.09. The van der Waals surface area contributed by atoms with Gasteiger partial charge < -0.3 is 0 Å². The van der Waals surface area contributed by atoms with Gasteiger partial charge in [-0.05, 0) is 34.5 Å². The maximum atomic E-state index is 11.8. The lowest BCUT2D eigenvalue weighted by molar-refractivity contribution is 0.578. The predicted molar refractivity (Wildman–Crippen MR) is 64.2 cm³/mol. The van der Waals surface area contributed by atoms with Gasteiger partial charge in [-0.15, -0.1) is 0 Å². The van der Waals surface area contributed by atoms with Gasteiger partial charge in [0.2, 0.25) is 10.0 Å². The summed E-state index contributed by atoms with van der Waals surface area (Å²) < 4.78 is 26.7. The first-order valence-electron chi connectivity index (χ1n) is 4.82. The molecular weight excluding hydrogens is 278 g/mol. The summed E-state index contributed by atoms with van der Waals surface area (Å²) in [5.41, 5.74) is 0. The number of benzene rings is 1. The average Bonchev–Trinajstić information content (AvgIpc) is 2.18. The first kappa shape index (κ1) is 12.7. The van der Waals surface area contributed by atoms with Crippen molar-refractivity contribution in [1.82, 2.24) is 4.72 Å². The lowest BCUT2D eigenvalue weighted by Crippen LogP contribution is -2.24. The molecule has 0 atom stereocenters. The lowest BCUT2D eigenvalue weighted by atomic mass is 10.3. The normalized spacial score (nSPS) is 11.6. The third kappa shape index (κ3) is 3.59. The van der Waals surface area contributed by atoms with Crippen molar-refractivity contribution in [3.63, 3.8) is 0 Å². The second-order valence-electron chi connectivity index (χ2n) is 3.18. The van der Waals surface area contributed by atoms with Gasteiger partial charge >= 0.3 is 0 Å². The SMILES string of the molecule is CCCCNS(=O)(=O)c1ccccc1Br. The minimum absolute atomic E-state index is 0.293. The Morgan fingerprint density at radius 2 is 2.00 bits per heavy atom. The molecule has 5 heteroatoms. The Bertz CT molecular complexity index is 417. The molecule has 0 unspecified atom stereocenters. The van der Waals surface area contributed by atoms with E-state index in [4.69, 9.17) is 0 Å². The van der Waals surface area contributed by atoms with Gasteiger partial charge in [0, 0.05) is 11.0 Å². The Morgan fingerprint density at radius 3 is 2.60 bits per heavy atom. The smallest absolute Gasteiger partial charge is 0.211 e. The van der Waals surface area contributed by atoms with Gasteiger partial charge in [-0.2, -0.15) is 0 Å². The number of unbranched alkanes of at least 4 members (excludes halogenated alkanes) is 1. The van der Waals surface area contributed by atoms with Crippen LogP contribution in [-0.2, 0) is 10.0 Å². The number of sulfonamides is 1. The highest BCUT2D eigenvalue weighted by Crippen LogP contribution is 2.20. The zero-order valence-electron chi connectivity index (χ0n) is 8.53. The quantitative estimate of drug-likeness (QED) is 0.848. The topological polar surface area (TPSA) is 46.2 Å². The number of halogens is 1. The summed E-state index contributed by atoms with van der Waals surface area (Å²) in [5, 5.41) is 0. The van der Waals surface area contributed by atoms with Crippen LogP contribution in [0.25, 0.3) is 0 Å². The minimum atomic E-state index is -3.36. The van der Waals surface area contributed by atoms with Crippen LogP contribution >= 0.6 is 15.9 Å². The fraction of sp³-hybridized carbons (Fsp3) is 0.400. The molecule has 15 heavy (non-hydrogen) atoms. The molecule has 0 aliphatic heterocycles. The van der Waals surface area contributed by atoms with Crippen LogP contribution in [0.3, 0.4) is 0 Å². The maximum absolute atomic E-state index is 11.8. The van der Waals surface area contributed by atoms with Gasteiger partial charge in [0.15, 0.2) is 0 Å². The van der Waals surface area contributed by atoms with Gasteiger partial charge in [-0.3, -0.25) is 0 Å². The van der Waals surface area contributed by atoms with Gasteiger partial charge in [0.25, 0.3) is 0 Å². The Kier molecular flexibility index (Phi) is 4.76. The van der Waals surface area contributed by atoms with Crippen molar-refractivity contribution in [1.29, 1.82) is 0 Å². The average molecular weight is 292 g/mol. The van der Waals surface area contributed by atoms with E-state index in [-0.39, 0.29) is 0 Å². The van der Waals surface area contributed by atoms with E-state index in [1.54, 1.807) is 24.3 Å². The van der Waals surface area contributed by atoms with E-state index >= 15 is 0 Å². The zero-order valence-corrected chi connectivity index (χ0v) is 10.9. The molecule has 1 aromatic carbocycles. The Balaban J connectivity index is 2.83. The van der Waals surface area contributed by atoms with Crippen LogP contribution in [0.2, 0.25) is 0 Å². The third-order valence-electron chi connectivity index (χ3n) is 1.95. The molecule has 0 heterocycles. The Hall–Kier alpha value is -0.390. The summed E-state index contributed by atoms with van der Waals surface area (Å²) in [6.45, 7) is 2.51. The van der Waals surface area contributed by atoms with Crippen LogP contribution in [-0.4, -0.2) is 15.0 Å². The van der Waals surface area contributed by atoms with Crippen molar-refractivity contribution in [3.8, 4) is 0 Å². The summed E-state index contributed by atoms with van der Waals surface area (Å²) in [4.78, 5) is 0.293. The van der Waals surface area contributed by atoms with E-state index in [0.29, 0.717) is 15.9 Å². The molecule has 0 fully saturated rings. The summed E-state index contributed by atoms with van der Waals surface area (Å²) in [5.74, 6) is 0. The Morgan fingerprint density at radius 1 is 1.33 bits per heavy atom. The van der Waals surface area contributed by atoms with Gasteiger partial charge in [0.1, 0.15) is 0 Å². The minimum Gasteiger partial charge on any atom is -0.211 e. The Labute approximate surface area is 99.1 Å². The molecule has 0 spiro atoms. The molecule has 1 rings (SSSR count). The molecule has 0 saturated heterocycles. The number of nitrogens with one attached hydrogen (secondary N) is 1. The maximum Gasteiger partial charge on any atom is 0.241 e. The molecule has 0 amide bonds. The molecule has 0 bridgehead atoms. The van der Waals surface area contributed by atoms with Crippen molar-refractivity contribution in [2.24, 2.45) is 0 Å². The van der Waals surface area contributed by atoms with Crippen molar-refractivity contribution in [2.45, 2.75) is 24.7 Å². The summed E-state index contributed by atoms with van der Waals surface area (Å²) >= 11 is 3.22. The van der Waals surface area contributed by atoms with E-state index in [0.717, 1.165) is 12.8 Å². The van der Waals surface area contributed by atoms with E-state index in [9.17, 15) is 8.42 Å². The van der Waals surface area contributed by atoms with Crippen molar-refractivity contribution < 1.29 is 8.42 Å². The molecule has 0 aromatic heterocycles. The van der Waals surface area contributed by atoms with Crippen LogP contribution in [0.15, 0.2) is 33.6 Å². The monoisotopic (exact) mass is 291 g/mol. The molecule has 0 aliphatic rings. The highest BCUT2D eigenvalue weighted by molar-refractivity contribution is 9.10. The third-order valence-corrected chi connectivity index (χ3v) is 4.42. The van der Waals surface area contributed by atoms with Gasteiger partial charge in [-0.1, -0.05) is 25.5 Å². The molecule has 0 aliphatic carbocycles. The van der Waals surface area contributed by atoms with Crippen molar-refractivity contribution in [3.05, 3.63) is 28.7 Å². The molecule has 84 valence electrons. The first-order chi connectivity index (χ1) is 7.08. The van der Waals surface area contributed by atoms with Crippen molar-refractivity contribution in [2.75, 3.05) is 6.54 Å². The van der Waals surface area contributed by atoms with E-state index < -0.39 is 10.0 Å². The molecule has 1 N–H and O–H groups in total. The van der Waals surface area contributed by atoms with Gasteiger partial charge in [0.05, 0.1) is 4.90 Å². The van der Waals surface area contributed by atoms with Crippen LogP contribution in [0, 0.1) is 0 Å². The highest BCUT2D eigenvalue weighted by Gasteiger charge is 2.15. The number of rotatable bonds is 5. The predicted octanol–water partition coefficient (Wildman–Crippen LogP) is 2.53. The van der Waals surface area contributed by atoms with Crippen LogP contribution < -0.4 is 4.72 Å². The fourth-order valence-electron chi connectivity index (χ4n) is 1.12.